The summed E-state index contributed by atoms with van der Waals surface area (Å²) in [5, 5.41) is 3.27. The second-order valence-electron chi connectivity index (χ2n) is 6.41. The first-order valence-corrected chi connectivity index (χ1v) is 7.89. The lowest BCUT2D eigenvalue weighted by atomic mass is 9.95. The van der Waals surface area contributed by atoms with Gasteiger partial charge in [0, 0.05) is 25.2 Å². The Labute approximate surface area is 115 Å². The van der Waals surface area contributed by atoms with Gasteiger partial charge in [0.1, 0.15) is 0 Å². The van der Waals surface area contributed by atoms with Crippen LogP contribution in [0, 0.1) is 0 Å². The molecule has 4 nitrogen and oxygen atoms in total. The van der Waals surface area contributed by atoms with Crippen LogP contribution in [0.2, 0.25) is 0 Å². The smallest absolute Gasteiger partial charge is 0.318 e. The van der Waals surface area contributed by atoms with Gasteiger partial charge in [-0.25, -0.2) is 4.79 Å². The Morgan fingerprint density at radius 1 is 1.05 bits per heavy atom. The molecule has 2 unspecified atom stereocenters. The number of methoxy groups -OCH3 is 1. The number of rotatable bonds is 2. The first-order chi connectivity index (χ1) is 9.28. The number of ether oxygens (including phenoxy) is 1. The van der Waals surface area contributed by atoms with E-state index in [1.54, 1.807) is 7.11 Å². The number of carbonyl (C=O) groups excluding carboxylic acids is 1. The molecule has 1 N–H and O–H groups in total. The van der Waals surface area contributed by atoms with E-state index in [-0.39, 0.29) is 6.03 Å². The summed E-state index contributed by atoms with van der Waals surface area (Å²) in [4.78, 5) is 14.6. The van der Waals surface area contributed by atoms with Crippen molar-refractivity contribution in [2.45, 2.75) is 82.0 Å². The van der Waals surface area contributed by atoms with E-state index in [4.69, 9.17) is 4.74 Å². The van der Waals surface area contributed by atoms with Crippen LogP contribution in [0.5, 0.6) is 0 Å². The Kier molecular flexibility index (Phi) is 3.96. The zero-order chi connectivity index (χ0) is 13.2. The molecule has 2 heterocycles. The SMILES string of the molecule is COC1CC2CCC(C1)N2C(=O)NC1CCCCC1. The van der Waals surface area contributed by atoms with Gasteiger partial charge in [-0.15, -0.1) is 0 Å². The molecule has 2 aliphatic heterocycles. The minimum absolute atomic E-state index is 0.189. The highest BCUT2D eigenvalue weighted by Gasteiger charge is 2.43. The highest BCUT2D eigenvalue weighted by molar-refractivity contribution is 5.75. The van der Waals surface area contributed by atoms with Gasteiger partial charge < -0.3 is 15.0 Å². The highest BCUT2D eigenvalue weighted by Crippen LogP contribution is 2.36. The molecule has 0 spiro atoms. The van der Waals surface area contributed by atoms with Gasteiger partial charge in [-0.3, -0.25) is 0 Å². The molecular weight excluding hydrogens is 240 g/mol. The molecule has 19 heavy (non-hydrogen) atoms. The van der Waals surface area contributed by atoms with Gasteiger partial charge in [-0.2, -0.15) is 0 Å². The van der Waals surface area contributed by atoms with Crippen molar-refractivity contribution in [2.75, 3.05) is 7.11 Å². The lowest BCUT2D eigenvalue weighted by molar-refractivity contribution is 0.0202. The molecule has 4 heteroatoms. The molecule has 2 saturated heterocycles. The first kappa shape index (κ1) is 13.2. The summed E-state index contributed by atoms with van der Waals surface area (Å²) in [7, 11) is 1.79. The molecule has 3 fully saturated rings. The number of fused-ring (bicyclic) bond motifs is 2. The largest absolute Gasteiger partial charge is 0.381 e. The van der Waals surface area contributed by atoms with Gasteiger partial charge >= 0.3 is 6.03 Å². The lowest BCUT2D eigenvalue weighted by Crippen LogP contribution is -2.54. The van der Waals surface area contributed by atoms with Gasteiger partial charge in [-0.05, 0) is 38.5 Å². The molecule has 0 aromatic carbocycles. The topological polar surface area (TPSA) is 41.6 Å². The van der Waals surface area contributed by atoms with Crippen molar-refractivity contribution in [1.29, 1.82) is 0 Å². The Bertz CT molecular complexity index is 314. The molecule has 1 saturated carbocycles. The summed E-state index contributed by atoms with van der Waals surface area (Å²) in [6, 6.07) is 1.43. The van der Waals surface area contributed by atoms with E-state index < -0.39 is 0 Å². The molecule has 2 amide bonds. The van der Waals surface area contributed by atoms with Crippen molar-refractivity contribution >= 4 is 6.03 Å². The molecule has 0 aromatic rings. The van der Waals surface area contributed by atoms with E-state index >= 15 is 0 Å². The number of amides is 2. The Morgan fingerprint density at radius 3 is 2.26 bits per heavy atom. The fraction of sp³-hybridized carbons (Fsp3) is 0.933. The van der Waals surface area contributed by atoms with Crippen LogP contribution in [0.3, 0.4) is 0 Å². The molecule has 1 aliphatic carbocycles. The molecule has 0 radical (unpaired) electrons. The maximum absolute atomic E-state index is 12.5. The Balaban J connectivity index is 1.58. The Hall–Kier alpha value is -0.770. The summed E-state index contributed by atoms with van der Waals surface area (Å²) in [6.07, 6.45) is 10.9. The van der Waals surface area contributed by atoms with Gasteiger partial charge in [0.05, 0.1) is 6.10 Å². The molecular formula is C15H26N2O2. The monoisotopic (exact) mass is 266 g/mol. The molecule has 2 bridgehead atoms. The summed E-state index contributed by atoms with van der Waals surface area (Å²) in [5.41, 5.74) is 0. The van der Waals surface area contributed by atoms with Crippen molar-refractivity contribution in [3.8, 4) is 0 Å². The number of hydrogen-bond donors (Lipinski definition) is 1. The second-order valence-corrected chi connectivity index (χ2v) is 6.41. The highest BCUT2D eigenvalue weighted by atomic mass is 16.5. The summed E-state index contributed by atoms with van der Waals surface area (Å²) in [5.74, 6) is 0. The maximum Gasteiger partial charge on any atom is 0.318 e. The number of urea groups is 1. The average Bonchev–Trinajstić information content (AvgIpc) is 2.71. The molecule has 108 valence electrons. The van der Waals surface area contributed by atoms with Gasteiger partial charge in [0.25, 0.3) is 0 Å². The lowest BCUT2D eigenvalue weighted by Gasteiger charge is -2.39. The van der Waals surface area contributed by atoms with Crippen molar-refractivity contribution in [1.82, 2.24) is 10.2 Å². The van der Waals surface area contributed by atoms with Crippen LogP contribution in [-0.4, -0.2) is 42.3 Å². The van der Waals surface area contributed by atoms with Crippen molar-refractivity contribution in [3.05, 3.63) is 0 Å². The number of carbonyl (C=O) groups is 1. The van der Waals surface area contributed by atoms with E-state index in [0.717, 1.165) is 38.5 Å². The van der Waals surface area contributed by atoms with Crippen molar-refractivity contribution in [2.24, 2.45) is 0 Å². The summed E-state index contributed by atoms with van der Waals surface area (Å²) in [6.45, 7) is 0. The molecule has 3 aliphatic rings. The van der Waals surface area contributed by atoms with E-state index in [0.29, 0.717) is 24.2 Å². The third-order valence-corrected chi connectivity index (χ3v) is 5.19. The third-order valence-electron chi connectivity index (χ3n) is 5.19. The maximum atomic E-state index is 12.5. The minimum atomic E-state index is 0.189. The quantitative estimate of drug-likeness (QED) is 0.835. The van der Waals surface area contributed by atoms with E-state index in [1.165, 1.54) is 19.3 Å². The minimum Gasteiger partial charge on any atom is -0.381 e. The average molecular weight is 266 g/mol. The predicted octanol–water partition coefficient (Wildman–Crippen LogP) is 2.67. The second kappa shape index (κ2) is 5.70. The molecule has 3 rings (SSSR count). The van der Waals surface area contributed by atoms with Crippen LogP contribution in [0.4, 0.5) is 4.79 Å². The van der Waals surface area contributed by atoms with E-state index in [9.17, 15) is 4.79 Å². The fourth-order valence-corrected chi connectivity index (χ4v) is 4.15. The standard InChI is InChI=1S/C15H26N2O2/c1-19-14-9-12-7-8-13(10-14)17(12)15(18)16-11-5-3-2-4-6-11/h11-14H,2-10H2,1H3,(H,16,18). The van der Waals surface area contributed by atoms with Crippen molar-refractivity contribution in [3.63, 3.8) is 0 Å². The van der Waals surface area contributed by atoms with Gasteiger partial charge in [0.15, 0.2) is 0 Å². The first-order valence-electron chi connectivity index (χ1n) is 7.89. The number of piperidine rings is 1. The number of hydrogen-bond acceptors (Lipinski definition) is 2. The van der Waals surface area contributed by atoms with E-state index in [1.807, 2.05) is 0 Å². The fourth-order valence-electron chi connectivity index (χ4n) is 4.15. The molecule has 2 atom stereocenters. The van der Waals surface area contributed by atoms with Crippen LogP contribution in [-0.2, 0) is 4.74 Å². The van der Waals surface area contributed by atoms with Gasteiger partial charge in [-0.1, -0.05) is 19.3 Å². The number of nitrogens with zero attached hydrogens (tertiary/aromatic N) is 1. The zero-order valence-electron chi connectivity index (χ0n) is 11.9. The van der Waals surface area contributed by atoms with Crippen LogP contribution in [0.15, 0.2) is 0 Å². The zero-order valence-corrected chi connectivity index (χ0v) is 11.9. The normalized spacial score (nSPS) is 35.4. The van der Waals surface area contributed by atoms with Crippen LogP contribution in [0.1, 0.15) is 57.8 Å². The van der Waals surface area contributed by atoms with E-state index in [2.05, 4.69) is 10.2 Å². The third kappa shape index (κ3) is 2.73. The summed E-state index contributed by atoms with van der Waals surface area (Å²) >= 11 is 0. The van der Waals surface area contributed by atoms with Gasteiger partial charge in [0.2, 0.25) is 0 Å². The predicted molar refractivity (Wildman–Crippen MR) is 74.1 cm³/mol. The van der Waals surface area contributed by atoms with Crippen LogP contribution >= 0.6 is 0 Å². The molecule has 0 aromatic heterocycles. The van der Waals surface area contributed by atoms with Crippen LogP contribution < -0.4 is 5.32 Å². The number of nitrogens with one attached hydrogen (secondary N) is 1. The van der Waals surface area contributed by atoms with Crippen LogP contribution in [0.25, 0.3) is 0 Å². The van der Waals surface area contributed by atoms with Crippen molar-refractivity contribution < 1.29 is 9.53 Å². The summed E-state index contributed by atoms with van der Waals surface area (Å²) < 4.78 is 5.49. The Morgan fingerprint density at radius 2 is 1.68 bits per heavy atom.